The van der Waals surface area contributed by atoms with Gasteiger partial charge >= 0.3 is 5.97 Å². The van der Waals surface area contributed by atoms with Gasteiger partial charge in [-0.05, 0) is 38.0 Å². The molecule has 0 N–H and O–H groups in total. The van der Waals surface area contributed by atoms with E-state index in [0.29, 0.717) is 18.8 Å². The van der Waals surface area contributed by atoms with Crippen molar-refractivity contribution in [3.05, 3.63) is 44.9 Å². The number of benzene rings is 1. The molecule has 134 valence electrons. The monoisotopic (exact) mass is 400 g/mol. The number of halogens is 1. The number of ether oxygens (including phenoxy) is 1. The first-order valence-electron chi connectivity index (χ1n) is 7.76. The third-order valence-corrected chi connectivity index (χ3v) is 7.07. The number of hydrogen-bond donors (Lipinski definition) is 0. The quantitative estimate of drug-likeness (QED) is 0.720. The molecular formula is C16H17ClN2O4S2. The van der Waals surface area contributed by atoms with Crippen LogP contribution in [0.1, 0.15) is 33.9 Å². The fraction of sp³-hybridized carbons (Fsp3) is 0.375. The Labute approximate surface area is 155 Å². The molecule has 1 saturated heterocycles. The molecule has 1 aliphatic heterocycles. The first-order valence-corrected chi connectivity index (χ1v) is 10.5. The summed E-state index contributed by atoms with van der Waals surface area (Å²) in [4.78, 5) is 16.4. The second kappa shape index (κ2) is 7.41. The van der Waals surface area contributed by atoms with Gasteiger partial charge in [0.2, 0.25) is 10.0 Å². The lowest BCUT2D eigenvalue weighted by Crippen LogP contribution is -2.28. The summed E-state index contributed by atoms with van der Waals surface area (Å²) in [7, 11) is -3.71. The molecule has 0 saturated carbocycles. The van der Waals surface area contributed by atoms with E-state index in [1.165, 1.54) is 33.8 Å². The third-order valence-electron chi connectivity index (χ3n) is 3.87. The summed E-state index contributed by atoms with van der Waals surface area (Å²) < 4.78 is 32.0. The Bertz CT molecular complexity index is 889. The van der Waals surface area contributed by atoms with E-state index in [9.17, 15) is 13.2 Å². The van der Waals surface area contributed by atoms with Crippen molar-refractivity contribution in [2.75, 3.05) is 13.1 Å². The van der Waals surface area contributed by atoms with E-state index in [1.807, 2.05) is 12.3 Å². The lowest BCUT2D eigenvalue weighted by Gasteiger charge is -2.17. The summed E-state index contributed by atoms with van der Waals surface area (Å²) in [6.45, 7) is 2.84. The Hall–Kier alpha value is -1.48. The molecule has 0 bridgehead atoms. The molecule has 9 heteroatoms. The van der Waals surface area contributed by atoms with Crippen LogP contribution in [0.4, 0.5) is 0 Å². The van der Waals surface area contributed by atoms with Gasteiger partial charge in [-0.15, -0.1) is 11.3 Å². The smallest absolute Gasteiger partial charge is 0.338 e. The van der Waals surface area contributed by atoms with Crippen LogP contribution in [0.5, 0.6) is 0 Å². The van der Waals surface area contributed by atoms with Gasteiger partial charge in [0.05, 0.1) is 21.3 Å². The van der Waals surface area contributed by atoms with Crippen molar-refractivity contribution in [1.82, 2.24) is 9.29 Å². The molecule has 0 spiro atoms. The highest BCUT2D eigenvalue weighted by Gasteiger charge is 2.30. The standard InChI is InChI=1S/C16H17ClN2O4S2/c1-11-18-13(10-24-11)9-23-16(20)12-4-5-14(17)15(8-12)25(21,22)19-6-2-3-7-19/h4-5,8,10H,2-3,6-7,9H2,1H3. The lowest BCUT2D eigenvalue weighted by molar-refractivity contribution is 0.0468. The normalized spacial score (nSPS) is 15.4. The Balaban J connectivity index is 1.79. The zero-order valence-corrected chi connectivity index (χ0v) is 16.0. The predicted molar refractivity (Wildman–Crippen MR) is 95.4 cm³/mol. The van der Waals surface area contributed by atoms with Crippen LogP contribution in [0.3, 0.4) is 0 Å². The lowest BCUT2D eigenvalue weighted by atomic mass is 10.2. The minimum absolute atomic E-state index is 0.0417. The van der Waals surface area contributed by atoms with Crippen LogP contribution >= 0.6 is 22.9 Å². The SMILES string of the molecule is Cc1nc(COC(=O)c2ccc(Cl)c(S(=O)(=O)N3CCCC3)c2)cs1. The summed E-state index contributed by atoms with van der Waals surface area (Å²) in [5, 5.41) is 2.79. The van der Waals surface area contributed by atoms with E-state index in [-0.39, 0.29) is 22.1 Å². The van der Waals surface area contributed by atoms with Gasteiger partial charge in [-0.25, -0.2) is 18.2 Å². The van der Waals surface area contributed by atoms with Crippen molar-refractivity contribution in [2.45, 2.75) is 31.3 Å². The van der Waals surface area contributed by atoms with Crippen LogP contribution in [0, 0.1) is 6.92 Å². The molecule has 0 atom stereocenters. The van der Waals surface area contributed by atoms with Gasteiger partial charge in [0.15, 0.2) is 0 Å². The number of carbonyl (C=O) groups excluding carboxylic acids is 1. The number of hydrogen-bond acceptors (Lipinski definition) is 6. The van der Waals surface area contributed by atoms with Gasteiger partial charge in [0, 0.05) is 18.5 Å². The summed E-state index contributed by atoms with van der Waals surface area (Å²) in [5.41, 5.74) is 0.809. The van der Waals surface area contributed by atoms with E-state index in [0.717, 1.165) is 17.8 Å². The maximum absolute atomic E-state index is 12.7. The molecule has 0 aliphatic carbocycles. The van der Waals surface area contributed by atoms with E-state index in [1.54, 1.807) is 0 Å². The molecule has 1 fully saturated rings. The highest BCUT2D eigenvalue weighted by atomic mass is 35.5. The second-order valence-electron chi connectivity index (χ2n) is 5.69. The Morgan fingerprint density at radius 3 is 2.72 bits per heavy atom. The molecule has 1 aromatic heterocycles. The zero-order chi connectivity index (χ0) is 18.0. The van der Waals surface area contributed by atoms with E-state index in [2.05, 4.69) is 4.98 Å². The Morgan fingerprint density at radius 1 is 1.36 bits per heavy atom. The van der Waals surface area contributed by atoms with Crippen molar-refractivity contribution in [2.24, 2.45) is 0 Å². The number of thiazole rings is 1. The fourth-order valence-electron chi connectivity index (χ4n) is 2.59. The second-order valence-corrected chi connectivity index (χ2v) is 9.07. The number of aromatic nitrogens is 1. The highest BCUT2D eigenvalue weighted by molar-refractivity contribution is 7.89. The molecule has 3 rings (SSSR count). The Kier molecular flexibility index (Phi) is 5.43. The summed E-state index contributed by atoms with van der Waals surface area (Å²) in [6, 6.07) is 4.15. The third kappa shape index (κ3) is 4.03. The molecule has 1 aromatic carbocycles. The van der Waals surface area contributed by atoms with Crippen molar-refractivity contribution in [1.29, 1.82) is 0 Å². The van der Waals surface area contributed by atoms with Crippen molar-refractivity contribution < 1.29 is 17.9 Å². The van der Waals surface area contributed by atoms with Crippen LogP contribution < -0.4 is 0 Å². The Morgan fingerprint density at radius 2 is 2.08 bits per heavy atom. The molecule has 1 aliphatic rings. The maximum atomic E-state index is 12.7. The molecular weight excluding hydrogens is 384 g/mol. The molecule has 0 unspecified atom stereocenters. The van der Waals surface area contributed by atoms with Crippen LogP contribution in [-0.4, -0.2) is 36.8 Å². The van der Waals surface area contributed by atoms with Gasteiger partial charge in [0.25, 0.3) is 0 Å². The van der Waals surface area contributed by atoms with Crippen molar-refractivity contribution >= 4 is 38.9 Å². The topological polar surface area (TPSA) is 76.6 Å². The fourth-order valence-corrected chi connectivity index (χ4v) is 5.21. The summed E-state index contributed by atoms with van der Waals surface area (Å²) >= 11 is 7.54. The summed E-state index contributed by atoms with van der Waals surface area (Å²) in [6.07, 6.45) is 1.65. The largest absolute Gasteiger partial charge is 0.456 e. The molecule has 0 amide bonds. The first-order chi connectivity index (χ1) is 11.9. The van der Waals surface area contributed by atoms with Crippen LogP contribution in [0.25, 0.3) is 0 Å². The number of carbonyl (C=O) groups is 1. The minimum atomic E-state index is -3.71. The average Bonchev–Trinajstić information content (AvgIpc) is 3.24. The average molecular weight is 401 g/mol. The molecule has 2 heterocycles. The number of sulfonamides is 1. The zero-order valence-electron chi connectivity index (χ0n) is 13.6. The molecule has 6 nitrogen and oxygen atoms in total. The summed E-state index contributed by atoms with van der Waals surface area (Å²) in [5.74, 6) is -0.611. The molecule has 0 radical (unpaired) electrons. The van der Waals surface area contributed by atoms with Gasteiger partial charge in [-0.2, -0.15) is 4.31 Å². The number of rotatable bonds is 5. The minimum Gasteiger partial charge on any atom is -0.456 e. The molecule has 2 aromatic rings. The first kappa shape index (κ1) is 18.3. The number of esters is 1. The van der Waals surface area contributed by atoms with Gasteiger partial charge in [-0.3, -0.25) is 0 Å². The van der Waals surface area contributed by atoms with Gasteiger partial charge in [0.1, 0.15) is 11.5 Å². The van der Waals surface area contributed by atoms with Gasteiger partial charge < -0.3 is 4.74 Å². The van der Waals surface area contributed by atoms with Crippen LogP contribution in [0.2, 0.25) is 5.02 Å². The number of aryl methyl sites for hydroxylation is 1. The van der Waals surface area contributed by atoms with Crippen LogP contribution in [-0.2, 0) is 21.4 Å². The number of nitrogens with zero attached hydrogens (tertiary/aromatic N) is 2. The maximum Gasteiger partial charge on any atom is 0.338 e. The van der Waals surface area contributed by atoms with E-state index < -0.39 is 16.0 Å². The molecule has 25 heavy (non-hydrogen) atoms. The van der Waals surface area contributed by atoms with E-state index in [4.69, 9.17) is 16.3 Å². The van der Waals surface area contributed by atoms with Crippen molar-refractivity contribution in [3.8, 4) is 0 Å². The van der Waals surface area contributed by atoms with E-state index >= 15 is 0 Å². The highest BCUT2D eigenvalue weighted by Crippen LogP contribution is 2.28. The van der Waals surface area contributed by atoms with Crippen molar-refractivity contribution in [3.63, 3.8) is 0 Å². The predicted octanol–water partition coefficient (Wildman–Crippen LogP) is 3.25. The van der Waals surface area contributed by atoms with Crippen LogP contribution in [0.15, 0.2) is 28.5 Å². The van der Waals surface area contributed by atoms with Gasteiger partial charge in [-0.1, -0.05) is 11.6 Å².